The number of halogens is 1. The monoisotopic (exact) mass is 343 g/mol. The molecule has 1 saturated carbocycles. The van der Waals surface area contributed by atoms with Crippen molar-refractivity contribution in [3.05, 3.63) is 46.3 Å². The zero-order valence-electron chi connectivity index (χ0n) is 11.3. The summed E-state index contributed by atoms with van der Waals surface area (Å²) in [5.74, 6) is 0.696. The molecule has 21 heavy (non-hydrogen) atoms. The summed E-state index contributed by atoms with van der Waals surface area (Å²) < 4.78 is 33.8. The summed E-state index contributed by atoms with van der Waals surface area (Å²) in [5.41, 5.74) is 0.306. The number of sulfonamides is 1. The van der Waals surface area contributed by atoms with Crippen LogP contribution < -0.4 is 9.46 Å². The van der Waals surface area contributed by atoms with Gasteiger partial charge in [0, 0.05) is 5.56 Å². The van der Waals surface area contributed by atoms with E-state index in [-0.39, 0.29) is 4.21 Å². The van der Waals surface area contributed by atoms with Gasteiger partial charge in [-0.3, -0.25) is 0 Å². The number of hydrogen-bond acceptors (Lipinski definition) is 4. The zero-order valence-corrected chi connectivity index (χ0v) is 13.7. The van der Waals surface area contributed by atoms with Crippen molar-refractivity contribution in [2.24, 2.45) is 0 Å². The molecule has 0 atom stereocenters. The van der Waals surface area contributed by atoms with Gasteiger partial charge in [-0.15, -0.1) is 11.3 Å². The fourth-order valence-electron chi connectivity index (χ4n) is 2.34. The van der Waals surface area contributed by atoms with Crippen LogP contribution in [0.25, 0.3) is 0 Å². The highest BCUT2D eigenvalue weighted by atomic mass is 35.5. The quantitative estimate of drug-likeness (QED) is 0.905. The maximum atomic E-state index is 12.5. The van der Waals surface area contributed by atoms with E-state index in [1.807, 2.05) is 24.3 Å². The predicted octanol–water partition coefficient (Wildman–Crippen LogP) is 3.38. The van der Waals surface area contributed by atoms with E-state index in [1.54, 1.807) is 13.2 Å². The smallest absolute Gasteiger partial charge is 0.250 e. The average molecular weight is 344 g/mol. The normalized spacial score (nSPS) is 16.7. The summed E-state index contributed by atoms with van der Waals surface area (Å²) in [6.07, 6.45) is 1.51. The van der Waals surface area contributed by atoms with Crippen molar-refractivity contribution in [2.45, 2.75) is 22.6 Å². The molecule has 1 N–H and O–H groups in total. The van der Waals surface area contributed by atoms with E-state index in [1.165, 1.54) is 6.07 Å². The second-order valence-electron chi connectivity index (χ2n) is 4.95. The Morgan fingerprint density at radius 1 is 1.24 bits per heavy atom. The predicted molar refractivity (Wildman–Crippen MR) is 83.6 cm³/mol. The molecule has 1 aliphatic rings. The molecule has 0 bridgehead atoms. The van der Waals surface area contributed by atoms with Crippen LogP contribution in [0.4, 0.5) is 0 Å². The first-order chi connectivity index (χ1) is 9.97. The molecule has 0 aliphatic heterocycles. The van der Waals surface area contributed by atoms with Crippen LogP contribution in [0.1, 0.15) is 18.4 Å². The first-order valence-corrected chi connectivity index (χ1v) is 9.07. The summed E-state index contributed by atoms with van der Waals surface area (Å²) in [6, 6.07) is 10.6. The van der Waals surface area contributed by atoms with Gasteiger partial charge in [-0.1, -0.05) is 29.8 Å². The first kappa shape index (κ1) is 14.8. The Hall–Kier alpha value is -1.08. The minimum Gasteiger partial charge on any atom is -0.496 e. The fraction of sp³-hybridized carbons (Fsp3) is 0.286. The highest BCUT2D eigenvalue weighted by Crippen LogP contribution is 2.50. The largest absolute Gasteiger partial charge is 0.496 e. The van der Waals surface area contributed by atoms with Crippen LogP contribution in [0.2, 0.25) is 4.34 Å². The lowest BCUT2D eigenvalue weighted by Crippen LogP contribution is -2.34. The van der Waals surface area contributed by atoms with Crippen LogP contribution in [-0.4, -0.2) is 15.5 Å². The van der Waals surface area contributed by atoms with Gasteiger partial charge in [0.1, 0.15) is 9.96 Å². The molecule has 1 aromatic carbocycles. The van der Waals surface area contributed by atoms with Crippen molar-refractivity contribution in [1.29, 1.82) is 0 Å². The maximum absolute atomic E-state index is 12.5. The van der Waals surface area contributed by atoms with Gasteiger partial charge in [0.05, 0.1) is 17.0 Å². The van der Waals surface area contributed by atoms with Crippen LogP contribution in [0, 0.1) is 0 Å². The Morgan fingerprint density at radius 3 is 2.52 bits per heavy atom. The molecule has 0 spiro atoms. The van der Waals surface area contributed by atoms with Crippen molar-refractivity contribution in [2.75, 3.05) is 7.11 Å². The highest BCUT2D eigenvalue weighted by Gasteiger charge is 2.49. The van der Waals surface area contributed by atoms with Crippen molar-refractivity contribution >= 4 is 33.0 Å². The van der Waals surface area contributed by atoms with E-state index < -0.39 is 15.6 Å². The lowest BCUT2D eigenvalue weighted by atomic mass is 10.1. The van der Waals surface area contributed by atoms with Crippen LogP contribution in [-0.2, 0) is 15.6 Å². The zero-order chi connectivity index (χ0) is 15.1. The topological polar surface area (TPSA) is 55.4 Å². The molecule has 0 amide bonds. The Balaban J connectivity index is 1.94. The molecule has 112 valence electrons. The minimum atomic E-state index is -3.58. The standard InChI is InChI=1S/C14H14ClNO3S2/c1-19-11-5-3-2-4-10(11)14(8-9-14)16-21(17,18)13-7-6-12(15)20-13/h2-7,16H,8-9H2,1H3. The molecule has 2 aromatic rings. The van der Waals surface area contributed by atoms with Gasteiger partial charge < -0.3 is 4.74 Å². The van der Waals surface area contributed by atoms with Crippen LogP contribution >= 0.6 is 22.9 Å². The molecule has 0 radical (unpaired) electrons. The third-order valence-electron chi connectivity index (χ3n) is 3.52. The lowest BCUT2D eigenvalue weighted by molar-refractivity contribution is 0.402. The molecule has 0 unspecified atom stereocenters. The van der Waals surface area contributed by atoms with Crippen molar-refractivity contribution in [3.8, 4) is 5.75 Å². The van der Waals surface area contributed by atoms with Crippen molar-refractivity contribution in [1.82, 2.24) is 4.72 Å². The molecule has 1 aliphatic carbocycles. The molecular formula is C14H14ClNO3S2. The minimum absolute atomic E-state index is 0.230. The number of rotatable bonds is 5. The van der Waals surface area contributed by atoms with E-state index in [0.29, 0.717) is 10.1 Å². The maximum Gasteiger partial charge on any atom is 0.250 e. The Morgan fingerprint density at radius 2 is 1.95 bits per heavy atom. The molecule has 1 fully saturated rings. The van der Waals surface area contributed by atoms with Crippen LogP contribution in [0.5, 0.6) is 5.75 Å². The molecule has 0 saturated heterocycles. The van der Waals surface area contributed by atoms with Gasteiger partial charge >= 0.3 is 0 Å². The van der Waals surface area contributed by atoms with Gasteiger partial charge in [-0.05, 0) is 31.0 Å². The van der Waals surface area contributed by atoms with E-state index in [9.17, 15) is 8.42 Å². The van der Waals surface area contributed by atoms with Gasteiger partial charge in [-0.25, -0.2) is 8.42 Å². The molecule has 4 nitrogen and oxygen atoms in total. The van der Waals surface area contributed by atoms with Crippen molar-refractivity contribution < 1.29 is 13.2 Å². The summed E-state index contributed by atoms with van der Waals surface area (Å²) in [7, 11) is -1.99. The molecule has 3 rings (SSSR count). The Labute approximate surface area is 132 Å². The molecule has 7 heteroatoms. The lowest BCUT2D eigenvalue weighted by Gasteiger charge is -2.19. The summed E-state index contributed by atoms with van der Waals surface area (Å²) in [5, 5.41) is 0. The van der Waals surface area contributed by atoms with Crippen LogP contribution in [0.15, 0.2) is 40.6 Å². The molecular weight excluding hydrogens is 330 g/mol. The van der Waals surface area contributed by atoms with Gasteiger partial charge in [0.25, 0.3) is 10.0 Å². The summed E-state index contributed by atoms with van der Waals surface area (Å²) in [4.78, 5) is 0. The summed E-state index contributed by atoms with van der Waals surface area (Å²) >= 11 is 6.88. The third-order valence-corrected chi connectivity index (χ3v) is 6.77. The first-order valence-electron chi connectivity index (χ1n) is 6.40. The second kappa shape index (κ2) is 5.28. The number of methoxy groups -OCH3 is 1. The number of nitrogens with one attached hydrogen (secondary N) is 1. The average Bonchev–Trinajstić information content (AvgIpc) is 3.09. The fourth-order valence-corrected chi connectivity index (χ4v) is 5.26. The number of para-hydroxylation sites is 1. The van der Waals surface area contributed by atoms with Crippen LogP contribution in [0.3, 0.4) is 0 Å². The number of hydrogen-bond donors (Lipinski definition) is 1. The highest BCUT2D eigenvalue weighted by molar-refractivity contribution is 7.91. The molecule has 1 heterocycles. The van der Waals surface area contributed by atoms with E-state index in [4.69, 9.17) is 16.3 Å². The molecule has 1 aromatic heterocycles. The Kier molecular flexibility index (Phi) is 3.73. The van der Waals surface area contributed by atoms with E-state index in [2.05, 4.69) is 4.72 Å². The van der Waals surface area contributed by atoms with E-state index >= 15 is 0 Å². The number of ether oxygens (including phenoxy) is 1. The summed E-state index contributed by atoms with van der Waals surface area (Å²) in [6.45, 7) is 0. The number of thiophene rings is 1. The van der Waals surface area contributed by atoms with Crippen molar-refractivity contribution in [3.63, 3.8) is 0 Å². The van der Waals surface area contributed by atoms with Gasteiger partial charge in [-0.2, -0.15) is 4.72 Å². The SMILES string of the molecule is COc1ccccc1C1(NS(=O)(=O)c2ccc(Cl)s2)CC1. The Bertz CT molecular complexity index is 766. The van der Waals surface area contributed by atoms with E-state index in [0.717, 1.165) is 29.7 Å². The van der Waals surface area contributed by atoms with Gasteiger partial charge in [0.2, 0.25) is 0 Å². The third kappa shape index (κ3) is 2.81. The second-order valence-corrected chi connectivity index (χ2v) is 8.57. The number of benzene rings is 1. The van der Waals surface area contributed by atoms with Gasteiger partial charge in [0.15, 0.2) is 0 Å².